The van der Waals surface area contributed by atoms with Gasteiger partial charge >= 0.3 is 0 Å². The zero-order chi connectivity index (χ0) is 19.6. The van der Waals surface area contributed by atoms with Gasteiger partial charge in [0, 0.05) is 25.9 Å². The van der Waals surface area contributed by atoms with E-state index in [4.69, 9.17) is 10.3 Å². The summed E-state index contributed by atoms with van der Waals surface area (Å²) < 4.78 is 5.25. The monoisotopic (exact) mass is 396 g/mol. The van der Waals surface area contributed by atoms with E-state index in [2.05, 4.69) is 10.1 Å². The third-order valence-corrected chi connectivity index (χ3v) is 6.05. The molecule has 1 unspecified atom stereocenters. The number of carbonyl (C=O) groups excluding carboxylic acids is 2. The molecule has 1 aliphatic rings. The fourth-order valence-corrected chi connectivity index (χ4v) is 4.24. The third-order valence-electron chi connectivity index (χ3n) is 5.18. The van der Waals surface area contributed by atoms with Crippen LogP contribution in [0.2, 0.25) is 0 Å². The van der Waals surface area contributed by atoms with Crippen molar-refractivity contribution in [2.24, 2.45) is 5.73 Å². The van der Waals surface area contributed by atoms with E-state index in [-0.39, 0.29) is 12.3 Å². The van der Waals surface area contributed by atoms with Crippen LogP contribution in [0.5, 0.6) is 0 Å². The summed E-state index contributed by atoms with van der Waals surface area (Å²) in [4.78, 5) is 31.9. The van der Waals surface area contributed by atoms with Crippen molar-refractivity contribution in [3.63, 3.8) is 0 Å². The van der Waals surface area contributed by atoms with E-state index in [1.807, 2.05) is 47.8 Å². The number of thiophene rings is 1. The topological polar surface area (TPSA) is 102 Å². The third kappa shape index (κ3) is 3.43. The molecule has 2 amide bonds. The Balaban J connectivity index is 1.40. The van der Waals surface area contributed by atoms with Gasteiger partial charge in [0.1, 0.15) is 0 Å². The SMILES string of the molecule is NC(=O)C1(c2ccccc2)CCN(C(=O)CCc2nc(-c3cccs3)no2)C1. The summed E-state index contributed by atoms with van der Waals surface area (Å²) in [6, 6.07) is 13.3. The van der Waals surface area contributed by atoms with Crippen LogP contribution >= 0.6 is 11.3 Å². The van der Waals surface area contributed by atoms with Crippen LogP contribution in [0.25, 0.3) is 10.7 Å². The number of hydrogen-bond donors (Lipinski definition) is 1. The molecule has 3 heterocycles. The van der Waals surface area contributed by atoms with Gasteiger partial charge in [-0.15, -0.1) is 11.3 Å². The quantitative estimate of drug-likeness (QED) is 0.689. The molecule has 1 aromatic carbocycles. The number of rotatable bonds is 6. The van der Waals surface area contributed by atoms with Crippen LogP contribution in [0.3, 0.4) is 0 Å². The highest BCUT2D eigenvalue weighted by molar-refractivity contribution is 7.13. The Kier molecular flexibility index (Phi) is 4.95. The van der Waals surface area contributed by atoms with Crippen LogP contribution < -0.4 is 5.73 Å². The van der Waals surface area contributed by atoms with Crippen LogP contribution in [0, 0.1) is 0 Å². The largest absolute Gasteiger partial charge is 0.369 e. The Morgan fingerprint density at radius 2 is 2.04 bits per heavy atom. The summed E-state index contributed by atoms with van der Waals surface area (Å²) in [6.45, 7) is 0.802. The fraction of sp³-hybridized carbons (Fsp3) is 0.300. The van der Waals surface area contributed by atoms with Crippen molar-refractivity contribution < 1.29 is 14.1 Å². The molecule has 1 atom stereocenters. The van der Waals surface area contributed by atoms with Gasteiger partial charge in [-0.2, -0.15) is 4.98 Å². The highest BCUT2D eigenvalue weighted by Crippen LogP contribution is 2.34. The molecule has 0 spiro atoms. The molecule has 8 heteroatoms. The number of aromatic nitrogens is 2. The Hall–Kier alpha value is -3.00. The molecule has 144 valence electrons. The van der Waals surface area contributed by atoms with Gasteiger partial charge in [0.15, 0.2) is 0 Å². The van der Waals surface area contributed by atoms with Gasteiger partial charge < -0.3 is 15.2 Å². The first kappa shape index (κ1) is 18.4. The lowest BCUT2D eigenvalue weighted by atomic mass is 9.79. The lowest BCUT2D eigenvalue weighted by Crippen LogP contribution is -2.44. The fourth-order valence-electron chi connectivity index (χ4n) is 3.59. The first-order valence-corrected chi connectivity index (χ1v) is 9.96. The molecule has 2 aromatic heterocycles. The maximum atomic E-state index is 12.7. The maximum Gasteiger partial charge on any atom is 0.229 e. The molecule has 0 radical (unpaired) electrons. The number of aryl methyl sites for hydroxylation is 1. The second kappa shape index (κ2) is 7.55. The summed E-state index contributed by atoms with van der Waals surface area (Å²) in [5, 5.41) is 5.90. The second-order valence-corrected chi connectivity index (χ2v) is 7.81. The number of carbonyl (C=O) groups is 2. The molecule has 1 aliphatic heterocycles. The van der Waals surface area contributed by atoms with Crippen molar-refractivity contribution in [1.29, 1.82) is 0 Å². The van der Waals surface area contributed by atoms with Crippen molar-refractivity contribution >= 4 is 23.2 Å². The van der Waals surface area contributed by atoms with Crippen molar-refractivity contribution in [3.05, 3.63) is 59.3 Å². The maximum absolute atomic E-state index is 12.7. The van der Waals surface area contributed by atoms with E-state index in [0.717, 1.165) is 10.4 Å². The smallest absolute Gasteiger partial charge is 0.229 e. The zero-order valence-corrected chi connectivity index (χ0v) is 16.0. The summed E-state index contributed by atoms with van der Waals surface area (Å²) in [5.74, 6) is 0.525. The van der Waals surface area contributed by atoms with Gasteiger partial charge in [0.2, 0.25) is 23.5 Å². The summed E-state index contributed by atoms with van der Waals surface area (Å²) >= 11 is 1.53. The van der Waals surface area contributed by atoms with Crippen molar-refractivity contribution in [2.45, 2.75) is 24.7 Å². The summed E-state index contributed by atoms with van der Waals surface area (Å²) in [7, 11) is 0. The minimum atomic E-state index is -0.826. The predicted octanol–water partition coefficient (Wildman–Crippen LogP) is 2.39. The second-order valence-electron chi connectivity index (χ2n) is 6.87. The van der Waals surface area contributed by atoms with Gasteiger partial charge in [0.05, 0.1) is 10.3 Å². The molecular weight excluding hydrogens is 376 g/mol. The minimum absolute atomic E-state index is 0.0464. The normalized spacial score (nSPS) is 19.1. The van der Waals surface area contributed by atoms with Crippen molar-refractivity contribution in [2.75, 3.05) is 13.1 Å². The Morgan fingerprint density at radius 1 is 1.21 bits per heavy atom. The number of nitrogens with zero attached hydrogens (tertiary/aromatic N) is 3. The zero-order valence-electron chi connectivity index (χ0n) is 15.2. The van der Waals surface area contributed by atoms with Crippen molar-refractivity contribution in [1.82, 2.24) is 15.0 Å². The lowest BCUT2D eigenvalue weighted by Gasteiger charge is -2.26. The predicted molar refractivity (Wildman–Crippen MR) is 104 cm³/mol. The van der Waals surface area contributed by atoms with Gasteiger partial charge in [-0.1, -0.05) is 41.6 Å². The van der Waals surface area contributed by atoms with E-state index >= 15 is 0 Å². The Bertz CT molecular complexity index is 971. The molecule has 4 rings (SSSR count). The van der Waals surface area contributed by atoms with E-state index in [1.165, 1.54) is 11.3 Å². The molecule has 1 saturated heterocycles. The Morgan fingerprint density at radius 3 is 2.75 bits per heavy atom. The van der Waals surface area contributed by atoms with Crippen LogP contribution in [0.15, 0.2) is 52.4 Å². The molecule has 7 nitrogen and oxygen atoms in total. The number of hydrogen-bond acceptors (Lipinski definition) is 6. The molecule has 0 saturated carbocycles. The van der Waals surface area contributed by atoms with Crippen LogP contribution in [-0.4, -0.2) is 39.9 Å². The first-order chi connectivity index (χ1) is 13.6. The standard InChI is InChI=1S/C20H20N4O3S/c21-19(26)20(14-5-2-1-3-6-14)10-11-24(13-20)17(25)9-8-16-22-18(23-27-16)15-7-4-12-28-15/h1-7,12H,8-11,13H2,(H2,21,26). The number of nitrogens with two attached hydrogens (primary N) is 1. The van der Waals surface area contributed by atoms with Gasteiger partial charge in [-0.05, 0) is 23.4 Å². The summed E-state index contributed by atoms with van der Waals surface area (Å²) in [5.41, 5.74) is 5.76. The van der Waals surface area contributed by atoms with Crippen LogP contribution in [0.4, 0.5) is 0 Å². The number of likely N-dealkylation sites (tertiary alicyclic amines) is 1. The van der Waals surface area contributed by atoms with Gasteiger partial charge in [-0.25, -0.2) is 0 Å². The number of amides is 2. The lowest BCUT2D eigenvalue weighted by molar-refractivity contribution is -0.130. The number of primary amides is 1. The molecule has 3 aromatic rings. The Labute approximate surface area is 166 Å². The molecular formula is C20H20N4O3S. The molecule has 1 fully saturated rings. The van der Waals surface area contributed by atoms with E-state index in [9.17, 15) is 9.59 Å². The van der Waals surface area contributed by atoms with Crippen LogP contribution in [-0.2, 0) is 21.4 Å². The highest BCUT2D eigenvalue weighted by atomic mass is 32.1. The van der Waals surface area contributed by atoms with Gasteiger partial charge in [-0.3, -0.25) is 9.59 Å². The highest BCUT2D eigenvalue weighted by Gasteiger charge is 2.45. The van der Waals surface area contributed by atoms with E-state index in [1.54, 1.807) is 4.90 Å². The molecule has 2 N–H and O–H groups in total. The van der Waals surface area contributed by atoms with Gasteiger partial charge in [0.25, 0.3) is 0 Å². The average Bonchev–Trinajstić information content (AvgIpc) is 3.47. The van der Waals surface area contributed by atoms with E-state index in [0.29, 0.717) is 37.6 Å². The summed E-state index contributed by atoms with van der Waals surface area (Å²) in [6.07, 6.45) is 1.14. The molecule has 0 bridgehead atoms. The molecule has 28 heavy (non-hydrogen) atoms. The minimum Gasteiger partial charge on any atom is -0.369 e. The van der Waals surface area contributed by atoms with E-state index < -0.39 is 11.3 Å². The number of benzene rings is 1. The first-order valence-electron chi connectivity index (χ1n) is 9.08. The van der Waals surface area contributed by atoms with Crippen LogP contribution in [0.1, 0.15) is 24.3 Å². The molecule has 0 aliphatic carbocycles. The van der Waals surface area contributed by atoms with Crippen molar-refractivity contribution in [3.8, 4) is 10.7 Å². The average molecular weight is 396 g/mol.